The fourth-order valence-electron chi connectivity index (χ4n) is 4.53. The molecular formula is C27H32N4O4S. The summed E-state index contributed by atoms with van der Waals surface area (Å²) in [5.74, 6) is 2.27. The van der Waals surface area contributed by atoms with Gasteiger partial charge in [0.15, 0.2) is 0 Å². The second-order valence-corrected chi connectivity index (χ2v) is 11.1. The molecule has 0 aromatic heterocycles. The number of aliphatic imine (C=N–C) groups is 1. The molecule has 2 aromatic carbocycles. The van der Waals surface area contributed by atoms with Crippen LogP contribution in [0, 0.1) is 0 Å². The van der Waals surface area contributed by atoms with Crippen LogP contribution in [0.15, 0.2) is 46.5 Å². The Bertz CT molecular complexity index is 1240. The first kappa shape index (κ1) is 25.8. The van der Waals surface area contributed by atoms with Gasteiger partial charge in [-0.2, -0.15) is 10.1 Å². The molecule has 0 unspecified atom stereocenters. The summed E-state index contributed by atoms with van der Waals surface area (Å²) in [4.78, 5) is 30.8. The summed E-state index contributed by atoms with van der Waals surface area (Å²) in [6, 6.07) is 12.1. The molecule has 190 valence electrons. The monoisotopic (exact) mass is 508 g/mol. The van der Waals surface area contributed by atoms with E-state index in [2.05, 4.69) is 36.0 Å². The van der Waals surface area contributed by atoms with E-state index in [0.29, 0.717) is 17.9 Å². The van der Waals surface area contributed by atoms with E-state index in [0.717, 1.165) is 64.6 Å². The fourth-order valence-corrected chi connectivity index (χ4v) is 5.40. The Labute approximate surface area is 216 Å². The number of thioether (sulfide) groups is 1. The summed E-state index contributed by atoms with van der Waals surface area (Å²) in [6.45, 7) is 8.84. The van der Waals surface area contributed by atoms with Crippen molar-refractivity contribution in [2.75, 3.05) is 25.7 Å². The van der Waals surface area contributed by atoms with Gasteiger partial charge < -0.3 is 14.4 Å². The van der Waals surface area contributed by atoms with Crippen LogP contribution in [0.2, 0.25) is 0 Å². The van der Waals surface area contributed by atoms with Crippen molar-refractivity contribution in [3.8, 4) is 11.5 Å². The molecule has 0 bridgehead atoms. The number of rotatable bonds is 6. The molecule has 2 heterocycles. The first-order valence-electron chi connectivity index (χ1n) is 12.0. The van der Waals surface area contributed by atoms with E-state index >= 15 is 0 Å². The van der Waals surface area contributed by atoms with Crippen molar-refractivity contribution in [3.63, 3.8) is 0 Å². The Hall–Kier alpha value is -3.33. The van der Waals surface area contributed by atoms with Crippen LogP contribution < -0.4 is 14.4 Å². The van der Waals surface area contributed by atoms with Crippen LogP contribution in [0.1, 0.15) is 50.8 Å². The lowest BCUT2D eigenvalue weighted by molar-refractivity contribution is -0.115. The zero-order chi connectivity index (χ0) is 26.0. The van der Waals surface area contributed by atoms with Crippen molar-refractivity contribution in [1.29, 1.82) is 0 Å². The standard InChI is InChI=1S/C27H32N4O4S/c1-17(2)28-25(21-11-10-20(34-5)15-23(21)35-6)30-13-7-8-18-14-19(9-12-22(18)30)24-27(3,4)36-26(33)31(16-32)29-24/h9-12,14-17H,7-8,13H2,1-6H3/b28-25-. The van der Waals surface area contributed by atoms with Crippen LogP contribution in [-0.2, 0) is 11.2 Å². The number of nitrogens with zero attached hydrogens (tertiary/aromatic N) is 4. The minimum absolute atomic E-state index is 0.0812. The number of anilines is 1. The molecule has 2 aliphatic rings. The quantitative estimate of drug-likeness (QED) is 0.306. The summed E-state index contributed by atoms with van der Waals surface area (Å²) >= 11 is 1.10. The number of aryl methyl sites for hydroxylation is 1. The van der Waals surface area contributed by atoms with Gasteiger partial charge in [-0.05, 0) is 87.7 Å². The lowest BCUT2D eigenvalue weighted by Gasteiger charge is -2.35. The fraction of sp³-hybridized carbons (Fsp3) is 0.407. The van der Waals surface area contributed by atoms with E-state index in [1.165, 1.54) is 5.56 Å². The first-order valence-corrected chi connectivity index (χ1v) is 12.8. The number of hydrogen-bond donors (Lipinski definition) is 0. The van der Waals surface area contributed by atoms with Crippen molar-refractivity contribution >= 4 is 40.6 Å². The zero-order valence-corrected chi connectivity index (χ0v) is 22.4. The highest BCUT2D eigenvalue weighted by Crippen LogP contribution is 2.38. The first-order chi connectivity index (χ1) is 17.2. The van der Waals surface area contributed by atoms with Crippen molar-refractivity contribution in [1.82, 2.24) is 5.01 Å². The third-order valence-electron chi connectivity index (χ3n) is 6.16. The van der Waals surface area contributed by atoms with E-state index in [9.17, 15) is 9.59 Å². The van der Waals surface area contributed by atoms with Crippen molar-refractivity contribution in [2.45, 2.75) is 51.3 Å². The maximum atomic E-state index is 12.2. The SMILES string of the molecule is COc1ccc(/C(=N/C(C)C)N2CCCc3cc(C4=NN(C=O)C(=O)SC4(C)C)ccc32)c(OC)c1. The normalized spacial score (nSPS) is 17.6. The molecule has 2 aliphatic heterocycles. The molecule has 0 atom stereocenters. The summed E-state index contributed by atoms with van der Waals surface area (Å²) in [6.07, 6.45) is 2.32. The Balaban J connectivity index is 1.79. The predicted molar refractivity (Wildman–Crippen MR) is 145 cm³/mol. The largest absolute Gasteiger partial charge is 0.497 e. The minimum Gasteiger partial charge on any atom is -0.497 e. The highest BCUT2D eigenvalue weighted by molar-refractivity contribution is 8.15. The average Bonchev–Trinajstić information content (AvgIpc) is 2.85. The number of methoxy groups -OCH3 is 2. The van der Waals surface area contributed by atoms with Crippen LogP contribution in [0.5, 0.6) is 11.5 Å². The van der Waals surface area contributed by atoms with Gasteiger partial charge in [-0.3, -0.25) is 14.6 Å². The molecule has 8 nitrogen and oxygen atoms in total. The summed E-state index contributed by atoms with van der Waals surface area (Å²) in [5, 5.41) is 4.88. The lowest BCUT2D eigenvalue weighted by Crippen LogP contribution is -2.41. The molecule has 2 aromatic rings. The summed E-state index contributed by atoms with van der Waals surface area (Å²) in [5.41, 5.74) is 4.75. The third-order valence-corrected chi connectivity index (χ3v) is 7.23. The number of amides is 2. The Morgan fingerprint density at radius 3 is 2.61 bits per heavy atom. The van der Waals surface area contributed by atoms with Crippen LogP contribution >= 0.6 is 11.8 Å². The predicted octanol–water partition coefficient (Wildman–Crippen LogP) is 5.12. The maximum Gasteiger partial charge on any atom is 0.309 e. The Kier molecular flexibility index (Phi) is 7.40. The van der Waals surface area contributed by atoms with Crippen LogP contribution in [0.3, 0.4) is 0 Å². The third kappa shape index (κ3) is 4.97. The van der Waals surface area contributed by atoms with E-state index in [4.69, 9.17) is 14.5 Å². The van der Waals surface area contributed by atoms with Gasteiger partial charge in [-0.1, -0.05) is 6.07 Å². The smallest absolute Gasteiger partial charge is 0.309 e. The van der Waals surface area contributed by atoms with Gasteiger partial charge in [0.05, 0.1) is 30.2 Å². The molecule has 36 heavy (non-hydrogen) atoms. The molecule has 0 N–H and O–H groups in total. The number of ether oxygens (including phenoxy) is 2. The number of amidine groups is 1. The minimum atomic E-state index is -0.556. The molecule has 0 radical (unpaired) electrons. The number of carbonyl (C=O) groups excluding carboxylic acids is 2. The number of fused-ring (bicyclic) bond motifs is 1. The molecule has 0 saturated heterocycles. The second-order valence-electron chi connectivity index (χ2n) is 9.49. The number of carbonyl (C=O) groups is 2. The highest BCUT2D eigenvalue weighted by atomic mass is 32.2. The van der Waals surface area contributed by atoms with Gasteiger partial charge in [0.25, 0.3) is 0 Å². The topological polar surface area (TPSA) is 83.8 Å². The van der Waals surface area contributed by atoms with Crippen molar-refractivity contribution in [2.24, 2.45) is 10.1 Å². The molecule has 0 aliphatic carbocycles. The number of hydrogen-bond acceptors (Lipinski definition) is 7. The molecule has 4 rings (SSSR count). The van der Waals surface area contributed by atoms with Gasteiger partial charge in [-0.15, -0.1) is 0 Å². The second kappa shape index (κ2) is 10.3. The van der Waals surface area contributed by atoms with Crippen molar-refractivity contribution in [3.05, 3.63) is 53.1 Å². The maximum absolute atomic E-state index is 12.2. The van der Waals surface area contributed by atoms with Crippen LogP contribution in [0.4, 0.5) is 10.5 Å². The molecule has 0 saturated carbocycles. The zero-order valence-electron chi connectivity index (χ0n) is 21.6. The molecular weight excluding hydrogens is 476 g/mol. The van der Waals surface area contributed by atoms with E-state index < -0.39 is 4.75 Å². The number of imide groups is 1. The molecule has 2 amide bonds. The lowest BCUT2D eigenvalue weighted by atomic mass is 9.93. The van der Waals surface area contributed by atoms with Gasteiger partial charge >= 0.3 is 5.24 Å². The van der Waals surface area contributed by atoms with Gasteiger partial charge in [0.1, 0.15) is 17.3 Å². The summed E-state index contributed by atoms with van der Waals surface area (Å²) in [7, 11) is 3.29. The molecule has 9 heteroatoms. The number of benzene rings is 2. The Morgan fingerprint density at radius 1 is 1.17 bits per heavy atom. The van der Waals surface area contributed by atoms with E-state index in [1.807, 2.05) is 38.1 Å². The summed E-state index contributed by atoms with van der Waals surface area (Å²) < 4.78 is 10.5. The van der Waals surface area contributed by atoms with Crippen molar-refractivity contribution < 1.29 is 19.1 Å². The average molecular weight is 509 g/mol. The molecule has 0 spiro atoms. The van der Waals surface area contributed by atoms with Crippen LogP contribution in [0.25, 0.3) is 0 Å². The Morgan fingerprint density at radius 2 is 1.94 bits per heavy atom. The van der Waals surface area contributed by atoms with Gasteiger partial charge in [0.2, 0.25) is 6.41 Å². The van der Waals surface area contributed by atoms with Crippen LogP contribution in [-0.4, -0.2) is 59.8 Å². The number of hydrazone groups is 1. The van der Waals surface area contributed by atoms with Gasteiger partial charge in [-0.25, -0.2) is 0 Å². The highest BCUT2D eigenvalue weighted by Gasteiger charge is 2.38. The molecule has 0 fully saturated rings. The van der Waals surface area contributed by atoms with E-state index in [-0.39, 0.29) is 11.3 Å². The van der Waals surface area contributed by atoms with Gasteiger partial charge in [0, 0.05) is 24.3 Å². The van der Waals surface area contributed by atoms with E-state index in [1.54, 1.807) is 14.2 Å².